The van der Waals surface area contributed by atoms with E-state index in [2.05, 4.69) is 35.5 Å². The number of nitrogens with one attached hydrogen (secondary N) is 3. The molecule has 0 saturated heterocycles. The molecule has 0 aromatic carbocycles. The Labute approximate surface area is 123 Å². The van der Waals surface area contributed by atoms with E-state index in [0.717, 1.165) is 0 Å². The van der Waals surface area contributed by atoms with Crippen LogP contribution in [-0.4, -0.2) is 40.6 Å². The first kappa shape index (κ1) is 12.3. The lowest BCUT2D eigenvalue weighted by Gasteiger charge is -2.06. The predicted molar refractivity (Wildman–Crippen MR) is 77.6 cm³/mol. The van der Waals surface area contributed by atoms with Crippen LogP contribution in [0.25, 0.3) is 17.0 Å². The van der Waals surface area contributed by atoms with Gasteiger partial charge in [0.1, 0.15) is 6.33 Å². The molecule has 0 atom stereocenters. The summed E-state index contributed by atoms with van der Waals surface area (Å²) in [6, 6.07) is 3.44. The number of amides is 1. The number of H-pyrrole nitrogens is 2. The Morgan fingerprint density at radius 1 is 1.23 bits per heavy atom. The molecular weight excluding hydrogens is 284 g/mol. The van der Waals surface area contributed by atoms with E-state index >= 15 is 0 Å². The quantitative estimate of drug-likeness (QED) is 0.523. The van der Waals surface area contributed by atoms with Crippen LogP contribution in [0.2, 0.25) is 0 Å². The molecule has 9 nitrogen and oxygen atoms in total. The van der Waals surface area contributed by atoms with Crippen molar-refractivity contribution in [2.24, 2.45) is 0 Å². The second-order valence-electron chi connectivity index (χ2n) is 4.49. The maximum Gasteiger partial charge on any atom is 0.277 e. The van der Waals surface area contributed by atoms with E-state index in [1.807, 2.05) is 0 Å². The van der Waals surface area contributed by atoms with Crippen LogP contribution >= 0.6 is 0 Å². The highest BCUT2D eigenvalue weighted by Gasteiger charge is 2.17. The summed E-state index contributed by atoms with van der Waals surface area (Å²) in [5.41, 5.74) is 1.45. The number of hydrogen-bond acceptors (Lipinski definition) is 5. The van der Waals surface area contributed by atoms with Crippen LogP contribution in [-0.2, 0) is 0 Å². The van der Waals surface area contributed by atoms with Crippen molar-refractivity contribution in [2.75, 3.05) is 5.32 Å². The summed E-state index contributed by atoms with van der Waals surface area (Å²) in [7, 11) is 0. The largest absolute Gasteiger partial charge is 0.358 e. The molecule has 4 aromatic rings. The molecule has 4 aromatic heterocycles. The van der Waals surface area contributed by atoms with Gasteiger partial charge in [0.25, 0.3) is 5.91 Å². The van der Waals surface area contributed by atoms with Crippen molar-refractivity contribution in [3.63, 3.8) is 0 Å². The Morgan fingerprint density at radius 3 is 2.95 bits per heavy atom. The Balaban J connectivity index is 1.81. The van der Waals surface area contributed by atoms with Crippen LogP contribution in [0.1, 0.15) is 10.5 Å². The highest BCUT2D eigenvalue weighted by atomic mass is 16.2. The van der Waals surface area contributed by atoms with E-state index in [4.69, 9.17) is 0 Å². The van der Waals surface area contributed by atoms with E-state index < -0.39 is 0 Å². The summed E-state index contributed by atoms with van der Waals surface area (Å²) in [4.78, 5) is 28.1. The van der Waals surface area contributed by atoms with Crippen molar-refractivity contribution in [3.05, 3.63) is 48.9 Å². The van der Waals surface area contributed by atoms with Crippen molar-refractivity contribution in [2.45, 2.75) is 0 Å². The number of carbonyl (C=O) groups excluding carboxylic acids is 1. The van der Waals surface area contributed by atoms with E-state index in [1.165, 1.54) is 0 Å². The lowest BCUT2D eigenvalue weighted by Crippen LogP contribution is -2.16. The Kier molecular flexibility index (Phi) is 2.68. The SMILES string of the molecule is O=C(Nc1cc[nH]n1)c1nc(-n2ccnc2)nc2cc[nH]c12. The number of aromatic nitrogens is 7. The van der Waals surface area contributed by atoms with E-state index in [1.54, 1.807) is 47.8 Å². The van der Waals surface area contributed by atoms with Crippen molar-refractivity contribution < 1.29 is 4.79 Å². The maximum absolute atomic E-state index is 12.4. The summed E-state index contributed by atoms with van der Waals surface area (Å²) in [5.74, 6) is 0.424. The van der Waals surface area contributed by atoms with Gasteiger partial charge in [0.2, 0.25) is 5.95 Å². The molecule has 4 rings (SSSR count). The molecular formula is C13H10N8O. The van der Waals surface area contributed by atoms with Crippen molar-refractivity contribution in [1.82, 2.24) is 34.7 Å². The molecule has 9 heteroatoms. The molecule has 0 bridgehead atoms. The molecule has 0 aliphatic heterocycles. The molecule has 0 unspecified atom stereocenters. The van der Waals surface area contributed by atoms with Gasteiger partial charge in [-0.25, -0.2) is 15.0 Å². The fourth-order valence-electron chi connectivity index (χ4n) is 2.10. The molecule has 0 fully saturated rings. The van der Waals surface area contributed by atoms with Gasteiger partial charge >= 0.3 is 0 Å². The third-order valence-corrected chi connectivity index (χ3v) is 3.09. The van der Waals surface area contributed by atoms with Gasteiger partial charge in [0.15, 0.2) is 11.5 Å². The van der Waals surface area contributed by atoms with Crippen molar-refractivity contribution >= 4 is 22.8 Å². The molecule has 22 heavy (non-hydrogen) atoms. The lowest BCUT2D eigenvalue weighted by atomic mass is 10.3. The first-order chi connectivity index (χ1) is 10.8. The van der Waals surface area contributed by atoms with Gasteiger partial charge in [-0.05, 0) is 6.07 Å². The van der Waals surface area contributed by atoms with Gasteiger partial charge in [-0.15, -0.1) is 0 Å². The van der Waals surface area contributed by atoms with Crippen molar-refractivity contribution in [3.8, 4) is 5.95 Å². The normalized spacial score (nSPS) is 10.9. The third-order valence-electron chi connectivity index (χ3n) is 3.09. The number of rotatable bonds is 3. The molecule has 0 aliphatic carbocycles. The van der Waals surface area contributed by atoms with E-state index in [-0.39, 0.29) is 11.6 Å². The topological polar surface area (TPSA) is 117 Å². The summed E-state index contributed by atoms with van der Waals surface area (Å²) in [5, 5.41) is 9.21. The molecule has 0 spiro atoms. The second kappa shape index (κ2) is 4.81. The summed E-state index contributed by atoms with van der Waals surface area (Å²) in [6.45, 7) is 0. The third kappa shape index (κ3) is 2.00. The lowest BCUT2D eigenvalue weighted by molar-refractivity contribution is 0.102. The van der Waals surface area contributed by atoms with Gasteiger partial charge in [-0.1, -0.05) is 0 Å². The minimum absolute atomic E-state index is 0.238. The van der Waals surface area contributed by atoms with Gasteiger partial charge in [0, 0.05) is 30.9 Å². The fourth-order valence-corrected chi connectivity index (χ4v) is 2.10. The number of fused-ring (bicyclic) bond motifs is 1. The van der Waals surface area contributed by atoms with Gasteiger partial charge in [-0.3, -0.25) is 14.5 Å². The van der Waals surface area contributed by atoms with Gasteiger partial charge in [-0.2, -0.15) is 5.10 Å². The van der Waals surface area contributed by atoms with Crippen molar-refractivity contribution in [1.29, 1.82) is 0 Å². The van der Waals surface area contributed by atoms with Crippen LogP contribution in [0.3, 0.4) is 0 Å². The van der Waals surface area contributed by atoms with Crippen LogP contribution in [0.4, 0.5) is 5.82 Å². The molecule has 3 N–H and O–H groups in total. The summed E-state index contributed by atoms with van der Waals surface area (Å²) in [6.07, 6.45) is 8.24. The van der Waals surface area contributed by atoms with Gasteiger partial charge < -0.3 is 10.3 Å². The minimum atomic E-state index is -0.372. The molecule has 4 heterocycles. The Morgan fingerprint density at radius 2 is 2.18 bits per heavy atom. The van der Waals surface area contributed by atoms with Gasteiger partial charge in [0.05, 0.1) is 11.0 Å². The number of aromatic amines is 2. The highest BCUT2D eigenvalue weighted by molar-refractivity contribution is 6.09. The van der Waals surface area contributed by atoms with Crippen LogP contribution in [0.15, 0.2) is 43.2 Å². The monoisotopic (exact) mass is 294 g/mol. The summed E-state index contributed by atoms with van der Waals surface area (Å²) >= 11 is 0. The molecule has 108 valence electrons. The average molecular weight is 294 g/mol. The number of carbonyl (C=O) groups is 1. The average Bonchev–Trinajstić information content (AvgIpc) is 3.27. The summed E-state index contributed by atoms with van der Waals surface area (Å²) < 4.78 is 1.64. The number of nitrogens with zero attached hydrogens (tertiary/aromatic N) is 5. The van der Waals surface area contributed by atoms with Crippen LogP contribution in [0, 0.1) is 0 Å². The molecule has 0 radical (unpaired) electrons. The zero-order valence-corrected chi connectivity index (χ0v) is 11.2. The zero-order valence-electron chi connectivity index (χ0n) is 11.2. The van der Waals surface area contributed by atoms with E-state index in [0.29, 0.717) is 22.8 Å². The maximum atomic E-state index is 12.4. The number of hydrogen-bond donors (Lipinski definition) is 3. The Bertz CT molecular complexity index is 922. The highest BCUT2D eigenvalue weighted by Crippen LogP contribution is 2.17. The number of imidazole rings is 1. The predicted octanol–water partition coefficient (Wildman–Crippen LogP) is 1.12. The molecule has 0 saturated carbocycles. The first-order valence-electron chi connectivity index (χ1n) is 6.46. The minimum Gasteiger partial charge on any atom is -0.358 e. The smallest absolute Gasteiger partial charge is 0.277 e. The van der Waals surface area contributed by atoms with Crippen LogP contribution < -0.4 is 5.32 Å². The number of anilines is 1. The zero-order chi connectivity index (χ0) is 14.9. The Hall–Kier alpha value is -3.49. The van der Waals surface area contributed by atoms with E-state index in [9.17, 15) is 4.79 Å². The van der Waals surface area contributed by atoms with Crippen LogP contribution in [0.5, 0.6) is 0 Å². The standard InChI is InChI=1S/C13H10N8O/c22-12(18-9-2-4-16-20-9)11-10-8(1-3-15-10)17-13(19-11)21-6-5-14-7-21/h1-7,15H,(H2,16,18,20,22). The first-order valence-corrected chi connectivity index (χ1v) is 6.46. The fraction of sp³-hybridized carbons (Fsp3) is 0. The molecule has 1 amide bonds. The second-order valence-corrected chi connectivity index (χ2v) is 4.49. The molecule has 0 aliphatic rings.